The normalized spacial score (nSPS) is 18.4. The highest BCUT2D eigenvalue weighted by Gasteiger charge is 2.39. The summed E-state index contributed by atoms with van der Waals surface area (Å²) in [5.41, 5.74) is 0.977. The van der Waals surface area contributed by atoms with Gasteiger partial charge in [0.1, 0.15) is 0 Å². The maximum absolute atomic E-state index is 13.2. The van der Waals surface area contributed by atoms with E-state index in [0.29, 0.717) is 37.5 Å². The molecule has 27 heavy (non-hydrogen) atoms. The highest BCUT2D eigenvalue weighted by atomic mass is 28.4. The highest BCUT2D eigenvalue weighted by Crippen LogP contribution is 2.36. The number of carbonyl (C=O) groups excluding carboxylic acids is 1. The molecule has 0 unspecified atom stereocenters. The summed E-state index contributed by atoms with van der Waals surface area (Å²) in [5.74, 6) is -1.10. The zero-order chi connectivity index (χ0) is 20.2. The molecule has 2 rings (SSSR count). The van der Waals surface area contributed by atoms with Crippen molar-refractivity contribution in [2.24, 2.45) is 0 Å². The molecular formula is C20H31NO5Si. The van der Waals surface area contributed by atoms with Gasteiger partial charge in [-0.15, -0.1) is 0 Å². The topological polar surface area (TPSA) is 76.1 Å². The number of hydrogen-bond donors (Lipinski definition) is 1. The molecule has 1 amide bonds. The van der Waals surface area contributed by atoms with E-state index in [1.807, 2.05) is 0 Å². The van der Waals surface area contributed by atoms with Gasteiger partial charge < -0.3 is 19.2 Å². The SMILES string of the molecule is CC(C)(C)[Si](C)(C)OC[C@@H]1COCCN1C(=O)c1ccccc1CC(=O)O. The van der Waals surface area contributed by atoms with Crippen molar-refractivity contribution in [2.75, 3.05) is 26.4 Å². The maximum atomic E-state index is 13.2. The first-order valence-corrected chi connectivity index (χ1v) is 12.3. The van der Waals surface area contributed by atoms with Crippen LogP contribution in [-0.4, -0.2) is 62.6 Å². The summed E-state index contributed by atoms with van der Waals surface area (Å²) >= 11 is 0. The van der Waals surface area contributed by atoms with Crippen LogP contribution in [0.15, 0.2) is 24.3 Å². The highest BCUT2D eigenvalue weighted by molar-refractivity contribution is 6.74. The third-order valence-corrected chi connectivity index (χ3v) is 10.0. The molecule has 1 heterocycles. The van der Waals surface area contributed by atoms with Gasteiger partial charge in [-0.05, 0) is 29.8 Å². The Labute approximate surface area is 162 Å². The first-order chi connectivity index (χ1) is 12.5. The Balaban J connectivity index is 2.18. The molecule has 1 aliphatic heterocycles. The van der Waals surface area contributed by atoms with Crippen molar-refractivity contribution >= 4 is 20.2 Å². The van der Waals surface area contributed by atoms with E-state index in [-0.39, 0.29) is 23.4 Å². The van der Waals surface area contributed by atoms with Gasteiger partial charge in [0.05, 0.1) is 32.3 Å². The molecule has 0 bridgehead atoms. The molecule has 1 aromatic carbocycles. The van der Waals surface area contributed by atoms with Gasteiger partial charge in [-0.2, -0.15) is 0 Å². The van der Waals surface area contributed by atoms with Crippen LogP contribution in [-0.2, 0) is 20.4 Å². The van der Waals surface area contributed by atoms with Crippen LogP contribution in [0.2, 0.25) is 18.1 Å². The molecule has 1 aromatic rings. The van der Waals surface area contributed by atoms with Gasteiger partial charge in [-0.3, -0.25) is 9.59 Å². The molecule has 1 fully saturated rings. The molecule has 7 heteroatoms. The van der Waals surface area contributed by atoms with Crippen LogP contribution in [0.4, 0.5) is 0 Å². The third-order valence-electron chi connectivity index (χ3n) is 5.52. The zero-order valence-corrected chi connectivity index (χ0v) is 17.9. The van der Waals surface area contributed by atoms with Crippen LogP contribution in [0.25, 0.3) is 0 Å². The maximum Gasteiger partial charge on any atom is 0.307 e. The minimum absolute atomic E-state index is 0.0887. The Morgan fingerprint density at radius 1 is 1.30 bits per heavy atom. The van der Waals surface area contributed by atoms with Crippen LogP contribution >= 0.6 is 0 Å². The molecule has 1 N–H and O–H groups in total. The third kappa shape index (κ3) is 5.40. The van der Waals surface area contributed by atoms with Crippen molar-refractivity contribution in [3.63, 3.8) is 0 Å². The second-order valence-corrected chi connectivity index (χ2v) is 13.3. The number of rotatable bonds is 6. The number of carboxylic acids is 1. The van der Waals surface area contributed by atoms with Crippen LogP contribution in [0.1, 0.15) is 36.7 Å². The van der Waals surface area contributed by atoms with Crippen molar-refractivity contribution in [3.8, 4) is 0 Å². The molecule has 0 aliphatic carbocycles. The molecule has 1 atom stereocenters. The van der Waals surface area contributed by atoms with Crippen molar-refractivity contribution < 1.29 is 23.9 Å². The largest absolute Gasteiger partial charge is 0.481 e. The van der Waals surface area contributed by atoms with Crippen molar-refractivity contribution in [3.05, 3.63) is 35.4 Å². The van der Waals surface area contributed by atoms with Gasteiger partial charge in [0.2, 0.25) is 0 Å². The predicted octanol–water partition coefficient (Wildman–Crippen LogP) is 3.18. The lowest BCUT2D eigenvalue weighted by Crippen LogP contribution is -2.53. The summed E-state index contributed by atoms with van der Waals surface area (Å²) in [7, 11) is -1.94. The Morgan fingerprint density at radius 2 is 1.96 bits per heavy atom. The Kier molecular flexibility index (Phi) is 6.83. The number of benzene rings is 1. The lowest BCUT2D eigenvalue weighted by Gasteiger charge is -2.41. The second-order valence-electron chi connectivity index (χ2n) is 8.53. The fourth-order valence-corrected chi connectivity index (χ4v) is 3.82. The molecule has 0 spiro atoms. The fraction of sp³-hybridized carbons (Fsp3) is 0.600. The minimum atomic E-state index is -1.94. The molecule has 0 radical (unpaired) electrons. The number of morpholine rings is 1. The summed E-state index contributed by atoms with van der Waals surface area (Å²) in [6.07, 6.45) is -0.169. The van der Waals surface area contributed by atoms with Crippen LogP contribution < -0.4 is 0 Å². The van der Waals surface area contributed by atoms with Gasteiger partial charge in [-0.25, -0.2) is 0 Å². The van der Waals surface area contributed by atoms with Crippen LogP contribution in [0.5, 0.6) is 0 Å². The molecule has 6 nitrogen and oxygen atoms in total. The van der Waals surface area contributed by atoms with Gasteiger partial charge >= 0.3 is 5.97 Å². The smallest absolute Gasteiger partial charge is 0.307 e. The molecule has 1 saturated heterocycles. The predicted molar refractivity (Wildman–Crippen MR) is 107 cm³/mol. The number of amides is 1. The first kappa shape index (κ1) is 21.6. The average molecular weight is 394 g/mol. The number of carbonyl (C=O) groups is 2. The minimum Gasteiger partial charge on any atom is -0.481 e. The van der Waals surface area contributed by atoms with Crippen molar-refractivity contribution in [1.29, 1.82) is 0 Å². The fourth-order valence-electron chi connectivity index (χ4n) is 2.78. The summed E-state index contributed by atoms with van der Waals surface area (Å²) in [5, 5.41) is 9.21. The number of aliphatic carboxylic acids is 1. The number of carboxylic acid groups (broad SMARTS) is 1. The second kappa shape index (κ2) is 8.54. The standard InChI is InChI=1S/C20H31NO5Si/c1-20(2,3)27(4,5)26-14-16-13-25-11-10-21(16)19(24)17-9-7-6-8-15(17)12-18(22)23/h6-9,16H,10-14H2,1-5H3,(H,22,23)/t16-/m0/s1. The van der Waals surface area contributed by atoms with E-state index in [4.69, 9.17) is 14.3 Å². The van der Waals surface area contributed by atoms with Crippen LogP contribution in [0, 0.1) is 0 Å². The monoisotopic (exact) mass is 393 g/mol. The Bertz CT molecular complexity index is 683. The number of ether oxygens (including phenoxy) is 1. The molecule has 150 valence electrons. The number of nitrogens with zero attached hydrogens (tertiary/aromatic N) is 1. The summed E-state index contributed by atoms with van der Waals surface area (Å²) in [4.78, 5) is 26.1. The van der Waals surface area contributed by atoms with E-state index in [0.717, 1.165) is 0 Å². The van der Waals surface area contributed by atoms with Gasteiger partial charge in [-0.1, -0.05) is 39.0 Å². The lowest BCUT2D eigenvalue weighted by molar-refractivity contribution is -0.136. The van der Waals surface area contributed by atoms with Crippen molar-refractivity contribution in [2.45, 2.75) is 51.4 Å². The first-order valence-electron chi connectivity index (χ1n) is 9.35. The van der Waals surface area contributed by atoms with Crippen molar-refractivity contribution in [1.82, 2.24) is 4.90 Å². The Hall–Kier alpha value is -1.70. The zero-order valence-electron chi connectivity index (χ0n) is 16.9. The molecular weight excluding hydrogens is 362 g/mol. The van der Waals surface area contributed by atoms with E-state index >= 15 is 0 Å². The van der Waals surface area contributed by atoms with Crippen LogP contribution in [0.3, 0.4) is 0 Å². The summed E-state index contributed by atoms with van der Waals surface area (Å²) in [6.45, 7) is 12.7. The van der Waals surface area contributed by atoms with E-state index < -0.39 is 14.3 Å². The quantitative estimate of drug-likeness (QED) is 0.751. The lowest BCUT2D eigenvalue weighted by atomic mass is 10.0. The number of hydrogen-bond acceptors (Lipinski definition) is 4. The molecule has 0 saturated carbocycles. The molecule has 0 aromatic heterocycles. The summed E-state index contributed by atoms with van der Waals surface area (Å²) in [6, 6.07) is 6.75. The van der Waals surface area contributed by atoms with E-state index in [2.05, 4.69) is 33.9 Å². The van der Waals surface area contributed by atoms with Gasteiger partial charge in [0.25, 0.3) is 5.91 Å². The average Bonchev–Trinajstić information content (AvgIpc) is 2.59. The summed E-state index contributed by atoms with van der Waals surface area (Å²) < 4.78 is 11.9. The van der Waals surface area contributed by atoms with E-state index in [9.17, 15) is 9.59 Å². The molecule has 1 aliphatic rings. The van der Waals surface area contributed by atoms with Gasteiger partial charge in [0, 0.05) is 12.1 Å². The van der Waals surface area contributed by atoms with E-state index in [1.165, 1.54) is 0 Å². The Morgan fingerprint density at radius 3 is 2.59 bits per heavy atom. The van der Waals surface area contributed by atoms with Gasteiger partial charge in [0.15, 0.2) is 8.32 Å². The van der Waals surface area contributed by atoms with E-state index in [1.54, 1.807) is 29.2 Å².